The molecule has 0 aromatic heterocycles. The van der Waals surface area contributed by atoms with Gasteiger partial charge in [-0.1, -0.05) is 0 Å². The van der Waals surface area contributed by atoms with Crippen LogP contribution in [0.25, 0.3) is 0 Å². The zero-order chi connectivity index (χ0) is 9.94. The molecule has 1 atom stereocenters. The number of rotatable bonds is 4. The summed E-state index contributed by atoms with van der Waals surface area (Å²) in [4.78, 5) is 20.0. The van der Waals surface area contributed by atoms with Crippen LogP contribution >= 0.6 is 0 Å². The Kier molecular flexibility index (Phi) is 6.28. The molecule has 1 unspecified atom stereocenters. The van der Waals surface area contributed by atoms with Gasteiger partial charge in [-0.05, 0) is 0 Å². The molecular formula is C4H6O7SSn. The molecule has 13 heavy (non-hydrogen) atoms. The second-order valence-corrected chi connectivity index (χ2v) is 3.54. The van der Waals surface area contributed by atoms with Crippen molar-refractivity contribution in [3.05, 3.63) is 0 Å². The summed E-state index contributed by atoms with van der Waals surface area (Å²) in [6.07, 6.45) is -1.16. The van der Waals surface area contributed by atoms with Crippen molar-refractivity contribution in [1.29, 1.82) is 0 Å². The Balaban J connectivity index is 0. The minimum Gasteiger partial charge on any atom is -0.481 e. The van der Waals surface area contributed by atoms with Gasteiger partial charge in [-0.3, -0.25) is 14.1 Å². The molecule has 0 spiro atoms. The van der Waals surface area contributed by atoms with E-state index in [2.05, 4.69) is 0 Å². The minimum absolute atomic E-state index is 0. The maximum atomic E-state index is 10.2. The Morgan fingerprint density at radius 2 is 1.62 bits per heavy atom. The first-order valence-corrected chi connectivity index (χ1v) is 4.16. The van der Waals surface area contributed by atoms with Gasteiger partial charge in [-0.2, -0.15) is 8.42 Å². The van der Waals surface area contributed by atoms with Crippen molar-refractivity contribution in [1.82, 2.24) is 0 Å². The fourth-order valence-electron chi connectivity index (χ4n) is 0.479. The van der Waals surface area contributed by atoms with Gasteiger partial charge in [0, 0.05) is 23.9 Å². The molecule has 0 aliphatic carbocycles. The summed E-state index contributed by atoms with van der Waals surface area (Å²) >= 11 is 0. The predicted octanol–water partition coefficient (Wildman–Crippen LogP) is -1.58. The Morgan fingerprint density at radius 1 is 1.23 bits per heavy atom. The van der Waals surface area contributed by atoms with Crippen molar-refractivity contribution in [3.63, 3.8) is 0 Å². The van der Waals surface area contributed by atoms with Gasteiger partial charge in [0.15, 0.2) is 5.25 Å². The van der Waals surface area contributed by atoms with Gasteiger partial charge in [0.2, 0.25) is 0 Å². The Hall–Kier alpha value is -0.351. The van der Waals surface area contributed by atoms with Crippen LogP contribution in [0.15, 0.2) is 0 Å². The summed E-state index contributed by atoms with van der Waals surface area (Å²) in [6.45, 7) is 0. The average Bonchev–Trinajstić information content (AvgIpc) is 1.79. The number of carboxylic acids is 2. The third-order valence-corrected chi connectivity index (χ3v) is 2.08. The van der Waals surface area contributed by atoms with Crippen LogP contribution in [-0.2, 0) is 19.7 Å². The zero-order valence-corrected chi connectivity index (χ0v) is 9.84. The molecule has 0 heterocycles. The van der Waals surface area contributed by atoms with Crippen LogP contribution in [0.4, 0.5) is 0 Å². The first-order chi connectivity index (χ1) is 5.25. The maximum absolute atomic E-state index is 10.2. The van der Waals surface area contributed by atoms with Gasteiger partial charge < -0.3 is 10.2 Å². The van der Waals surface area contributed by atoms with Crippen LogP contribution in [-0.4, -0.2) is 64.3 Å². The molecule has 0 bridgehead atoms. The SMILES string of the molecule is O=C(O)CC(C(=O)O)S(=O)(=O)O.[Sn]. The van der Waals surface area contributed by atoms with Crippen LogP contribution < -0.4 is 0 Å². The molecule has 4 radical (unpaired) electrons. The molecule has 0 aliphatic rings. The van der Waals surface area contributed by atoms with Crippen molar-refractivity contribution in [2.75, 3.05) is 0 Å². The molecule has 74 valence electrons. The van der Waals surface area contributed by atoms with Gasteiger partial charge in [0.05, 0.1) is 6.42 Å². The Labute approximate surface area is 90.5 Å². The predicted molar refractivity (Wildman–Crippen MR) is 41.0 cm³/mol. The molecule has 3 N–H and O–H groups in total. The molecule has 0 saturated carbocycles. The molecule has 0 aromatic carbocycles. The van der Waals surface area contributed by atoms with E-state index in [-0.39, 0.29) is 23.9 Å². The number of hydrogen-bond donors (Lipinski definition) is 3. The number of hydrogen-bond acceptors (Lipinski definition) is 4. The second kappa shape index (κ2) is 5.39. The van der Waals surface area contributed by atoms with Gasteiger partial charge >= 0.3 is 11.9 Å². The fourth-order valence-corrected chi connectivity index (χ4v) is 1.09. The number of aliphatic carboxylic acids is 2. The van der Waals surface area contributed by atoms with Gasteiger partial charge in [0.1, 0.15) is 0 Å². The second-order valence-electron chi connectivity index (χ2n) is 1.94. The van der Waals surface area contributed by atoms with Crippen LogP contribution in [0.3, 0.4) is 0 Å². The van der Waals surface area contributed by atoms with E-state index in [1.807, 2.05) is 0 Å². The first kappa shape index (κ1) is 15.1. The summed E-state index contributed by atoms with van der Waals surface area (Å²) in [5.41, 5.74) is 0. The van der Waals surface area contributed by atoms with Crippen LogP contribution in [0.1, 0.15) is 6.42 Å². The van der Waals surface area contributed by atoms with E-state index in [0.717, 1.165) is 0 Å². The third kappa shape index (κ3) is 5.82. The number of carbonyl (C=O) groups is 2. The normalized spacial score (nSPS) is 12.7. The zero-order valence-electron chi connectivity index (χ0n) is 6.17. The van der Waals surface area contributed by atoms with E-state index in [9.17, 15) is 18.0 Å². The van der Waals surface area contributed by atoms with Crippen molar-refractivity contribution in [3.8, 4) is 0 Å². The van der Waals surface area contributed by atoms with Gasteiger partial charge in [-0.15, -0.1) is 0 Å². The third-order valence-electron chi connectivity index (χ3n) is 0.995. The fraction of sp³-hybridized carbons (Fsp3) is 0.500. The van der Waals surface area contributed by atoms with Crippen molar-refractivity contribution in [2.24, 2.45) is 0 Å². The maximum Gasteiger partial charge on any atom is 0.325 e. The van der Waals surface area contributed by atoms with Crippen LogP contribution in [0.2, 0.25) is 0 Å². The van der Waals surface area contributed by atoms with E-state index in [0.29, 0.717) is 0 Å². The minimum atomic E-state index is -4.84. The molecule has 0 aromatic rings. The van der Waals surface area contributed by atoms with Crippen LogP contribution in [0.5, 0.6) is 0 Å². The van der Waals surface area contributed by atoms with E-state index in [1.165, 1.54) is 0 Å². The molecule has 0 rings (SSSR count). The molecule has 0 aliphatic heterocycles. The summed E-state index contributed by atoms with van der Waals surface area (Å²) < 4.78 is 28.7. The molecule has 0 saturated heterocycles. The van der Waals surface area contributed by atoms with E-state index in [1.54, 1.807) is 0 Å². The molecule has 0 fully saturated rings. The molecular weight excluding hydrogens is 311 g/mol. The standard InChI is InChI=1S/C4H6O7S.Sn/c5-3(6)1-2(4(7)8)12(9,10)11;/h2H,1H2,(H,5,6)(H,7,8)(H,9,10,11);. The largest absolute Gasteiger partial charge is 0.481 e. The topological polar surface area (TPSA) is 129 Å². The first-order valence-electron chi connectivity index (χ1n) is 2.66. The number of carboxylic acid groups (broad SMARTS) is 2. The summed E-state index contributed by atoms with van der Waals surface area (Å²) in [6, 6.07) is 0. The summed E-state index contributed by atoms with van der Waals surface area (Å²) in [5, 5.41) is 13.9. The Morgan fingerprint density at radius 3 is 1.69 bits per heavy atom. The van der Waals surface area contributed by atoms with E-state index < -0.39 is 33.7 Å². The van der Waals surface area contributed by atoms with Gasteiger partial charge in [0.25, 0.3) is 10.1 Å². The van der Waals surface area contributed by atoms with Crippen LogP contribution in [0, 0.1) is 0 Å². The van der Waals surface area contributed by atoms with Gasteiger partial charge in [-0.25, -0.2) is 0 Å². The quantitative estimate of drug-likeness (QED) is 0.421. The molecule has 0 amide bonds. The van der Waals surface area contributed by atoms with Crippen molar-refractivity contribution >= 4 is 46.0 Å². The monoisotopic (exact) mass is 318 g/mol. The van der Waals surface area contributed by atoms with E-state index in [4.69, 9.17) is 14.8 Å². The molecule has 7 nitrogen and oxygen atoms in total. The van der Waals surface area contributed by atoms with E-state index >= 15 is 0 Å². The van der Waals surface area contributed by atoms with Crippen molar-refractivity contribution < 1.29 is 32.8 Å². The summed E-state index contributed by atoms with van der Waals surface area (Å²) in [7, 11) is -4.84. The average molecular weight is 317 g/mol. The Bertz CT molecular complexity index is 294. The van der Waals surface area contributed by atoms with Crippen molar-refractivity contribution in [2.45, 2.75) is 11.7 Å². The smallest absolute Gasteiger partial charge is 0.325 e. The summed E-state index contributed by atoms with van der Waals surface area (Å²) in [5.74, 6) is -3.50. The molecule has 9 heteroatoms.